The van der Waals surface area contributed by atoms with Crippen molar-refractivity contribution in [1.29, 1.82) is 0 Å². The lowest BCUT2D eigenvalue weighted by molar-refractivity contribution is -0.133. The van der Waals surface area contributed by atoms with Gasteiger partial charge in [0.05, 0.1) is 13.7 Å². The summed E-state index contributed by atoms with van der Waals surface area (Å²) in [5.74, 6) is 2.19. The lowest BCUT2D eigenvalue weighted by atomic mass is 9.98. The van der Waals surface area contributed by atoms with Crippen molar-refractivity contribution >= 4 is 5.91 Å². The number of amides is 1. The number of methoxy groups -OCH3 is 1. The lowest BCUT2D eigenvalue weighted by Crippen LogP contribution is -2.41. The summed E-state index contributed by atoms with van der Waals surface area (Å²) in [6, 6.07) is 11.6. The Morgan fingerprint density at radius 2 is 2.15 bits per heavy atom. The molecule has 1 fully saturated rings. The molecule has 0 unspecified atom stereocenters. The average molecular weight is 354 g/mol. The van der Waals surface area contributed by atoms with Gasteiger partial charge in [-0.05, 0) is 43.0 Å². The van der Waals surface area contributed by atoms with E-state index in [9.17, 15) is 4.79 Å². The first kappa shape index (κ1) is 18.2. The van der Waals surface area contributed by atoms with Gasteiger partial charge in [0.15, 0.2) is 0 Å². The van der Waals surface area contributed by atoms with Gasteiger partial charge >= 0.3 is 0 Å². The van der Waals surface area contributed by atoms with E-state index in [1.165, 1.54) is 0 Å². The van der Waals surface area contributed by atoms with Crippen molar-refractivity contribution in [2.45, 2.75) is 25.7 Å². The summed E-state index contributed by atoms with van der Waals surface area (Å²) < 4.78 is 11.1. The van der Waals surface area contributed by atoms with Crippen LogP contribution in [0, 0.1) is 5.92 Å². The number of nitrogens with zero attached hydrogens (tertiary/aromatic N) is 2. The van der Waals surface area contributed by atoms with Gasteiger partial charge in [-0.1, -0.05) is 12.1 Å². The molecule has 1 aliphatic rings. The minimum absolute atomic E-state index is 0.222. The molecule has 1 aliphatic heterocycles. The summed E-state index contributed by atoms with van der Waals surface area (Å²) in [7, 11) is 1.65. The summed E-state index contributed by atoms with van der Waals surface area (Å²) in [6.45, 7) is 2.25. The second kappa shape index (κ2) is 9.22. The molecule has 2 heterocycles. The number of benzene rings is 1. The molecule has 1 amide bonds. The molecular weight excluding hydrogens is 328 g/mol. The Balaban J connectivity index is 1.46. The third kappa shape index (κ3) is 5.22. The van der Waals surface area contributed by atoms with Crippen molar-refractivity contribution in [2.75, 3.05) is 26.8 Å². The first-order valence-corrected chi connectivity index (χ1v) is 9.18. The number of pyridine rings is 1. The molecule has 0 N–H and O–H groups in total. The molecule has 5 nitrogen and oxygen atoms in total. The Labute approximate surface area is 155 Å². The third-order valence-electron chi connectivity index (χ3n) is 4.75. The van der Waals surface area contributed by atoms with Crippen LogP contribution in [-0.2, 0) is 11.2 Å². The van der Waals surface area contributed by atoms with Gasteiger partial charge in [-0.3, -0.25) is 9.78 Å². The van der Waals surface area contributed by atoms with Gasteiger partial charge in [0.2, 0.25) is 5.91 Å². The fourth-order valence-corrected chi connectivity index (χ4v) is 3.29. The molecule has 0 radical (unpaired) electrons. The molecule has 0 bridgehead atoms. The van der Waals surface area contributed by atoms with E-state index in [2.05, 4.69) is 4.98 Å². The van der Waals surface area contributed by atoms with Crippen LogP contribution in [0.1, 0.15) is 24.8 Å². The van der Waals surface area contributed by atoms with Crippen LogP contribution in [-0.4, -0.2) is 42.6 Å². The highest BCUT2D eigenvalue weighted by atomic mass is 16.5. The number of hydrogen-bond acceptors (Lipinski definition) is 4. The Morgan fingerprint density at radius 3 is 2.96 bits per heavy atom. The molecule has 1 aromatic heterocycles. The normalized spacial score (nSPS) is 17.0. The van der Waals surface area contributed by atoms with E-state index in [-0.39, 0.29) is 5.91 Å². The number of carbonyl (C=O) groups is 1. The van der Waals surface area contributed by atoms with Crippen LogP contribution < -0.4 is 9.47 Å². The lowest BCUT2D eigenvalue weighted by Gasteiger charge is -2.32. The Morgan fingerprint density at radius 1 is 1.27 bits per heavy atom. The highest BCUT2D eigenvalue weighted by Crippen LogP contribution is 2.22. The Bertz CT molecular complexity index is 705. The number of ether oxygens (including phenoxy) is 2. The van der Waals surface area contributed by atoms with E-state index in [0.717, 1.165) is 49.4 Å². The van der Waals surface area contributed by atoms with Crippen molar-refractivity contribution in [2.24, 2.45) is 5.92 Å². The summed E-state index contributed by atoms with van der Waals surface area (Å²) >= 11 is 0. The summed E-state index contributed by atoms with van der Waals surface area (Å²) in [5, 5.41) is 0. The predicted octanol–water partition coefficient (Wildman–Crippen LogP) is 3.34. The van der Waals surface area contributed by atoms with Crippen molar-refractivity contribution in [3.63, 3.8) is 0 Å². The van der Waals surface area contributed by atoms with Crippen LogP contribution in [0.15, 0.2) is 48.8 Å². The fourth-order valence-electron chi connectivity index (χ4n) is 3.29. The number of piperidine rings is 1. The van der Waals surface area contributed by atoms with Gasteiger partial charge in [-0.2, -0.15) is 0 Å². The van der Waals surface area contributed by atoms with Crippen molar-refractivity contribution in [3.8, 4) is 11.5 Å². The zero-order valence-corrected chi connectivity index (χ0v) is 15.3. The Kier molecular flexibility index (Phi) is 6.47. The minimum atomic E-state index is 0.222. The number of aromatic nitrogens is 1. The maximum Gasteiger partial charge on any atom is 0.222 e. The number of carbonyl (C=O) groups excluding carboxylic acids is 1. The highest BCUT2D eigenvalue weighted by molar-refractivity contribution is 5.76. The van der Waals surface area contributed by atoms with E-state index in [0.29, 0.717) is 18.9 Å². The molecule has 1 saturated heterocycles. The average Bonchev–Trinajstić information content (AvgIpc) is 2.71. The Hall–Kier alpha value is -2.56. The first-order chi connectivity index (χ1) is 12.7. The second-order valence-electron chi connectivity index (χ2n) is 6.70. The smallest absolute Gasteiger partial charge is 0.222 e. The van der Waals surface area contributed by atoms with E-state index >= 15 is 0 Å². The maximum atomic E-state index is 12.5. The first-order valence-electron chi connectivity index (χ1n) is 9.18. The largest absolute Gasteiger partial charge is 0.497 e. The summed E-state index contributed by atoms with van der Waals surface area (Å²) in [5.41, 5.74) is 1.11. The number of aryl methyl sites for hydroxylation is 1. The number of hydrogen-bond donors (Lipinski definition) is 0. The van der Waals surface area contributed by atoms with Gasteiger partial charge in [-0.25, -0.2) is 0 Å². The van der Waals surface area contributed by atoms with Crippen LogP contribution >= 0.6 is 0 Å². The van der Waals surface area contributed by atoms with E-state index in [4.69, 9.17) is 9.47 Å². The molecule has 138 valence electrons. The highest BCUT2D eigenvalue weighted by Gasteiger charge is 2.24. The van der Waals surface area contributed by atoms with Crippen molar-refractivity contribution in [1.82, 2.24) is 9.88 Å². The molecule has 1 atom stereocenters. The summed E-state index contributed by atoms with van der Waals surface area (Å²) in [6.07, 6.45) is 6.99. The van der Waals surface area contributed by atoms with E-state index in [1.807, 2.05) is 47.5 Å². The standard InChI is InChI=1S/C21H26N2O3/c1-25-19-7-2-8-20(13-19)26-16-18-6-4-12-23(15-18)21(24)10-9-17-5-3-11-22-14-17/h2-3,5,7-8,11,13-14,18H,4,6,9-10,12,15-16H2,1H3/t18-/m0/s1. The quantitative estimate of drug-likeness (QED) is 0.765. The van der Waals surface area contributed by atoms with Gasteiger partial charge in [0, 0.05) is 43.9 Å². The molecule has 26 heavy (non-hydrogen) atoms. The van der Waals surface area contributed by atoms with Gasteiger partial charge in [-0.15, -0.1) is 0 Å². The summed E-state index contributed by atoms with van der Waals surface area (Å²) in [4.78, 5) is 18.6. The fraction of sp³-hybridized carbons (Fsp3) is 0.429. The SMILES string of the molecule is COc1cccc(OC[C@H]2CCCN(C(=O)CCc3cccnc3)C2)c1. The topological polar surface area (TPSA) is 51.7 Å². The van der Waals surface area contributed by atoms with Crippen molar-refractivity contribution < 1.29 is 14.3 Å². The van der Waals surface area contributed by atoms with Crippen LogP contribution in [0.25, 0.3) is 0 Å². The molecule has 0 saturated carbocycles. The van der Waals surface area contributed by atoms with E-state index in [1.54, 1.807) is 13.3 Å². The van der Waals surface area contributed by atoms with Crippen molar-refractivity contribution in [3.05, 3.63) is 54.4 Å². The number of likely N-dealkylation sites (tertiary alicyclic amines) is 1. The van der Waals surface area contributed by atoms with Crippen LogP contribution in [0.4, 0.5) is 0 Å². The van der Waals surface area contributed by atoms with E-state index < -0.39 is 0 Å². The van der Waals surface area contributed by atoms with Crippen LogP contribution in [0.2, 0.25) is 0 Å². The zero-order valence-electron chi connectivity index (χ0n) is 15.3. The second-order valence-corrected chi connectivity index (χ2v) is 6.70. The minimum Gasteiger partial charge on any atom is -0.497 e. The molecule has 1 aromatic carbocycles. The predicted molar refractivity (Wildman–Crippen MR) is 100 cm³/mol. The van der Waals surface area contributed by atoms with Gasteiger partial charge < -0.3 is 14.4 Å². The van der Waals surface area contributed by atoms with Crippen LogP contribution in [0.3, 0.4) is 0 Å². The maximum absolute atomic E-state index is 12.5. The third-order valence-corrected chi connectivity index (χ3v) is 4.75. The molecule has 5 heteroatoms. The monoisotopic (exact) mass is 354 g/mol. The molecular formula is C21H26N2O3. The van der Waals surface area contributed by atoms with Gasteiger partial charge in [0.25, 0.3) is 0 Å². The molecule has 0 aliphatic carbocycles. The zero-order chi connectivity index (χ0) is 18.2. The number of rotatable bonds is 7. The molecule has 3 rings (SSSR count). The molecule has 2 aromatic rings. The molecule has 0 spiro atoms. The van der Waals surface area contributed by atoms with Crippen LogP contribution in [0.5, 0.6) is 11.5 Å². The van der Waals surface area contributed by atoms with Gasteiger partial charge in [0.1, 0.15) is 11.5 Å².